The largest absolute Gasteiger partial charge is 0.403 e. The number of nitrogens with zero attached hydrogens (tertiary/aromatic N) is 5. The van der Waals surface area contributed by atoms with Gasteiger partial charge in [0.2, 0.25) is 0 Å². The molecule has 5 heterocycles. The van der Waals surface area contributed by atoms with Crippen molar-refractivity contribution in [1.82, 2.24) is 19.3 Å². The lowest BCUT2D eigenvalue weighted by atomic mass is 10.2. The summed E-state index contributed by atoms with van der Waals surface area (Å²) in [6, 6.07) is 6.60. The van der Waals surface area contributed by atoms with Crippen LogP contribution in [0.3, 0.4) is 0 Å². The Morgan fingerprint density at radius 2 is 1.88 bits per heavy atom. The highest BCUT2D eigenvalue weighted by molar-refractivity contribution is 6.30. The number of rotatable bonds is 4. The molecule has 3 aromatic heterocycles. The Morgan fingerprint density at radius 1 is 1.18 bits per heavy atom. The minimum absolute atomic E-state index is 0.619. The molecular formula is C24H34ClN7O. The molecule has 0 aromatic carbocycles. The number of imidazole rings is 1. The van der Waals surface area contributed by atoms with E-state index >= 15 is 0 Å². The van der Waals surface area contributed by atoms with Crippen LogP contribution in [0.15, 0.2) is 55.3 Å². The van der Waals surface area contributed by atoms with Crippen LogP contribution in [0, 0.1) is 0 Å². The van der Waals surface area contributed by atoms with Gasteiger partial charge < -0.3 is 25.1 Å². The van der Waals surface area contributed by atoms with E-state index in [4.69, 9.17) is 22.1 Å². The van der Waals surface area contributed by atoms with Crippen molar-refractivity contribution in [3.05, 3.63) is 60.3 Å². The quantitative estimate of drug-likeness (QED) is 0.591. The van der Waals surface area contributed by atoms with Crippen molar-refractivity contribution in [3.63, 3.8) is 0 Å². The van der Waals surface area contributed by atoms with Crippen molar-refractivity contribution >= 4 is 34.4 Å². The van der Waals surface area contributed by atoms with Gasteiger partial charge in [-0.3, -0.25) is 4.90 Å². The summed E-state index contributed by atoms with van der Waals surface area (Å²) >= 11 is 6.19. The highest BCUT2D eigenvalue weighted by Crippen LogP contribution is 2.25. The van der Waals surface area contributed by atoms with Crippen LogP contribution in [0.4, 0.5) is 17.2 Å². The number of allylic oxidation sites excluding steroid dienone is 1. The van der Waals surface area contributed by atoms with E-state index in [0.717, 1.165) is 62.2 Å². The third-order valence-electron chi connectivity index (χ3n) is 5.28. The van der Waals surface area contributed by atoms with Gasteiger partial charge in [-0.2, -0.15) is 0 Å². The van der Waals surface area contributed by atoms with Crippen LogP contribution in [-0.4, -0.2) is 64.7 Å². The Kier molecular flexibility index (Phi) is 8.94. The van der Waals surface area contributed by atoms with Crippen molar-refractivity contribution < 1.29 is 4.74 Å². The number of nitrogens with one attached hydrogen (secondary N) is 1. The van der Waals surface area contributed by atoms with Gasteiger partial charge in [-0.1, -0.05) is 32.0 Å². The van der Waals surface area contributed by atoms with Crippen LogP contribution < -0.4 is 16.0 Å². The summed E-state index contributed by atoms with van der Waals surface area (Å²) in [5, 5.41) is 3.97. The molecule has 2 aliphatic rings. The molecule has 3 aromatic rings. The Labute approximate surface area is 201 Å². The highest BCUT2D eigenvalue weighted by atomic mass is 35.5. The van der Waals surface area contributed by atoms with Crippen molar-refractivity contribution in [2.45, 2.75) is 26.8 Å². The summed E-state index contributed by atoms with van der Waals surface area (Å²) in [5.41, 5.74) is 8.40. The minimum atomic E-state index is 0.619. The van der Waals surface area contributed by atoms with E-state index in [0.29, 0.717) is 16.8 Å². The second-order valence-corrected chi connectivity index (χ2v) is 8.25. The van der Waals surface area contributed by atoms with Crippen molar-refractivity contribution in [2.24, 2.45) is 5.73 Å². The molecule has 0 atom stereocenters. The van der Waals surface area contributed by atoms with Crippen LogP contribution in [0.2, 0.25) is 5.02 Å². The van der Waals surface area contributed by atoms with Crippen molar-refractivity contribution in [1.29, 1.82) is 0 Å². The van der Waals surface area contributed by atoms with Gasteiger partial charge in [-0.25, -0.2) is 9.97 Å². The number of fused-ring (bicyclic) bond motifs is 1. The van der Waals surface area contributed by atoms with E-state index in [1.807, 2.05) is 49.0 Å². The third-order valence-corrected chi connectivity index (χ3v) is 5.49. The molecule has 178 valence electrons. The first-order valence-electron chi connectivity index (χ1n) is 11.3. The second kappa shape index (κ2) is 11.9. The van der Waals surface area contributed by atoms with E-state index in [9.17, 15) is 0 Å². The van der Waals surface area contributed by atoms with Crippen LogP contribution in [0.1, 0.15) is 20.8 Å². The van der Waals surface area contributed by atoms with Crippen molar-refractivity contribution in [3.8, 4) is 0 Å². The Balaban J connectivity index is 0.000000464. The zero-order valence-electron chi connectivity index (χ0n) is 19.7. The first kappa shape index (κ1) is 24.8. The maximum absolute atomic E-state index is 6.19. The molecule has 0 amide bonds. The topological polar surface area (TPSA) is 84.0 Å². The van der Waals surface area contributed by atoms with E-state index < -0.39 is 0 Å². The number of pyridine rings is 2. The number of halogens is 1. The molecule has 2 aliphatic heterocycles. The van der Waals surface area contributed by atoms with Gasteiger partial charge in [-0.15, -0.1) is 0 Å². The predicted octanol–water partition coefficient (Wildman–Crippen LogP) is 4.15. The van der Waals surface area contributed by atoms with Gasteiger partial charge in [0, 0.05) is 44.8 Å². The number of hydrogen-bond acceptors (Lipinski definition) is 7. The Morgan fingerprint density at radius 3 is 2.45 bits per heavy atom. The first-order chi connectivity index (χ1) is 16.0. The fourth-order valence-corrected chi connectivity index (χ4v) is 3.87. The number of piperazine rings is 1. The first-order valence-corrected chi connectivity index (χ1v) is 11.7. The molecule has 33 heavy (non-hydrogen) atoms. The fourth-order valence-electron chi connectivity index (χ4n) is 3.65. The maximum atomic E-state index is 6.19. The average Bonchev–Trinajstić information content (AvgIpc) is 3.23. The summed E-state index contributed by atoms with van der Waals surface area (Å²) in [6.45, 7) is 15.1. The van der Waals surface area contributed by atoms with Gasteiger partial charge in [0.05, 0.1) is 41.8 Å². The summed E-state index contributed by atoms with van der Waals surface area (Å²) < 4.78 is 7.20. The highest BCUT2D eigenvalue weighted by Gasteiger charge is 2.28. The number of nitrogens with two attached hydrogens (primary N) is 1. The second-order valence-electron chi connectivity index (χ2n) is 7.82. The number of aromatic nitrogens is 3. The summed E-state index contributed by atoms with van der Waals surface area (Å²) in [4.78, 5) is 13.9. The Bertz CT molecular complexity index is 1020. The summed E-state index contributed by atoms with van der Waals surface area (Å²) in [7, 11) is 0. The molecule has 0 spiro atoms. The van der Waals surface area contributed by atoms with Crippen LogP contribution in [0.25, 0.3) is 5.65 Å². The van der Waals surface area contributed by atoms with E-state index in [2.05, 4.69) is 37.7 Å². The standard InChI is InChI=1S/C19H21ClN6O.C3H7N.C2H6/c20-14-9-17(19-21-3-4-26(19)11-14)23-18-2-1-15(10-22-18)24-5-7-25(8-6-24)16-12-27-13-16;1-3(2)4;1-2/h1-4,9-11,16H,5-8,12-13H2,(H,22,23);1,4H2,2H3;1-2H3. The average molecular weight is 472 g/mol. The zero-order chi connectivity index (χ0) is 23.8. The summed E-state index contributed by atoms with van der Waals surface area (Å²) in [6.07, 6.45) is 7.39. The Hall–Kier alpha value is -2.81. The van der Waals surface area contributed by atoms with Gasteiger partial charge in [0.15, 0.2) is 5.65 Å². The molecular weight excluding hydrogens is 438 g/mol. The van der Waals surface area contributed by atoms with E-state index in [1.165, 1.54) is 0 Å². The molecule has 2 saturated heterocycles. The zero-order valence-corrected chi connectivity index (χ0v) is 20.4. The maximum Gasteiger partial charge on any atom is 0.160 e. The monoisotopic (exact) mass is 471 g/mol. The SMILES string of the molecule is C=C(C)N.CC.Clc1cc(Nc2ccc(N3CCN(C4COC4)CC3)cn2)c2nccn2c1. The molecule has 0 radical (unpaired) electrons. The fraction of sp³-hybridized carbons (Fsp3) is 0.417. The molecule has 0 aliphatic carbocycles. The molecule has 3 N–H and O–H groups in total. The molecule has 9 heteroatoms. The molecule has 0 saturated carbocycles. The number of ether oxygens (including phenoxy) is 1. The van der Waals surface area contributed by atoms with Gasteiger partial charge >= 0.3 is 0 Å². The molecule has 2 fully saturated rings. The third kappa shape index (κ3) is 6.60. The normalized spacial score (nSPS) is 16.2. The van der Waals surface area contributed by atoms with Crippen molar-refractivity contribution in [2.75, 3.05) is 49.6 Å². The predicted molar refractivity (Wildman–Crippen MR) is 136 cm³/mol. The summed E-state index contributed by atoms with van der Waals surface area (Å²) in [5.74, 6) is 0.774. The lowest BCUT2D eigenvalue weighted by Gasteiger charge is -2.43. The molecule has 0 unspecified atom stereocenters. The number of anilines is 3. The minimum Gasteiger partial charge on any atom is -0.403 e. The van der Waals surface area contributed by atoms with Crippen LogP contribution in [0.5, 0.6) is 0 Å². The lowest BCUT2D eigenvalue weighted by Crippen LogP contribution is -2.56. The van der Waals surface area contributed by atoms with Gasteiger partial charge in [0.1, 0.15) is 5.82 Å². The van der Waals surface area contributed by atoms with Gasteiger partial charge in [-0.05, 0) is 30.8 Å². The van der Waals surface area contributed by atoms with Crippen LogP contribution >= 0.6 is 11.6 Å². The smallest absolute Gasteiger partial charge is 0.160 e. The number of hydrogen-bond donors (Lipinski definition) is 2. The molecule has 5 rings (SSSR count). The lowest BCUT2D eigenvalue weighted by molar-refractivity contribution is -0.0660. The van der Waals surface area contributed by atoms with Gasteiger partial charge in [0.25, 0.3) is 0 Å². The van der Waals surface area contributed by atoms with E-state index in [1.54, 1.807) is 13.1 Å². The van der Waals surface area contributed by atoms with E-state index in [-0.39, 0.29) is 0 Å². The molecule has 8 nitrogen and oxygen atoms in total. The van der Waals surface area contributed by atoms with Crippen LogP contribution in [-0.2, 0) is 4.74 Å². The molecule has 0 bridgehead atoms.